The van der Waals surface area contributed by atoms with Crippen molar-refractivity contribution in [2.24, 2.45) is 0 Å². The lowest BCUT2D eigenvalue weighted by Gasteiger charge is -2.19. The molecule has 176 valence electrons. The first kappa shape index (κ1) is 23.7. The van der Waals surface area contributed by atoms with Crippen molar-refractivity contribution < 1.29 is 18.0 Å². The van der Waals surface area contributed by atoms with Gasteiger partial charge >= 0.3 is 0 Å². The van der Waals surface area contributed by atoms with E-state index in [1.54, 1.807) is 29.6 Å². The zero-order chi connectivity index (χ0) is 24.3. The number of aromatic nitrogens is 1. The maximum absolute atomic E-state index is 13.3. The van der Waals surface area contributed by atoms with Crippen molar-refractivity contribution in [1.82, 2.24) is 14.6 Å². The van der Waals surface area contributed by atoms with E-state index in [9.17, 15) is 18.0 Å². The number of para-hydroxylation sites is 1. The van der Waals surface area contributed by atoms with E-state index in [4.69, 9.17) is 0 Å². The number of anilines is 1. The predicted molar refractivity (Wildman–Crippen MR) is 134 cm³/mol. The molecule has 4 rings (SSSR count). The average Bonchev–Trinajstić information content (AvgIpc) is 3.49. The van der Waals surface area contributed by atoms with Crippen LogP contribution in [0.25, 0.3) is 10.9 Å². The summed E-state index contributed by atoms with van der Waals surface area (Å²) in [6.07, 6.45) is 2.08. The van der Waals surface area contributed by atoms with E-state index in [1.807, 2.05) is 30.5 Å². The molecule has 0 spiro atoms. The Morgan fingerprint density at radius 1 is 1.06 bits per heavy atom. The molecule has 0 aliphatic rings. The lowest BCUT2D eigenvalue weighted by atomic mass is 10.0. The van der Waals surface area contributed by atoms with E-state index in [1.165, 1.54) is 37.6 Å². The molecule has 0 aliphatic carbocycles. The first-order valence-corrected chi connectivity index (χ1v) is 12.8. The topological polar surface area (TPSA) is 111 Å². The molecule has 4 aromatic rings. The van der Waals surface area contributed by atoms with Gasteiger partial charge in [-0.3, -0.25) is 9.59 Å². The smallest absolute Gasteiger partial charge is 0.262 e. The lowest BCUT2D eigenvalue weighted by molar-refractivity contribution is -0.118. The quantitative estimate of drug-likeness (QED) is 0.347. The Morgan fingerprint density at radius 3 is 2.59 bits per heavy atom. The van der Waals surface area contributed by atoms with Gasteiger partial charge in [0.2, 0.25) is 15.9 Å². The largest absolute Gasteiger partial charge is 0.361 e. The minimum atomic E-state index is -3.66. The van der Waals surface area contributed by atoms with Gasteiger partial charge < -0.3 is 15.6 Å². The Hall–Kier alpha value is -3.47. The zero-order valence-electron chi connectivity index (χ0n) is 18.6. The normalized spacial score (nSPS) is 12.6. The van der Waals surface area contributed by atoms with Gasteiger partial charge in [0.05, 0.1) is 9.77 Å². The number of aromatic amines is 1. The molecule has 2 amide bonds. The van der Waals surface area contributed by atoms with Crippen LogP contribution in [0.4, 0.5) is 5.69 Å². The molecule has 8 nitrogen and oxygen atoms in total. The van der Waals surface area contributed by atoms with Crippen molar-refractivity contribution in [1.29, 1.82) is 0 Å². The van der Waals surface area contributed by atoms with Crippen LogP contribution in [-0.4, -0.2) is 49.7 Å². The molecule has 0 saturated heterocycles. The van der Waals surface area contributed by atoms with Crippen LogP contribution in [0.3, 0.4) is 0 Å². The van der Waals surface area contributed by atoms with Gasteiger partial charge in [0.1, 0.15) is 6.04 Å². The number of carbonyl (C=O) groups excluding carboxylic acids is 2. The number of nitrogens with zero attached hydrogens (tertiary/aromatic N) is 1. The third kappa shape index (κ3) is 5.04. The highest BCUT2D eigenvalue weighted by Gasteiger charge is 2.25. The number of nitrogens with one attached hydrogen (secondary N) is 3. The predicted octanol–water partition coefficient (Wildman–Crippen LogP) is 3.46. The number of hydrogen-bond donors (Lipinski definition) is 3. The third-order valence-corrected chi connectivity index (χ3v) is 8.03. The summed E-state index contributed by atoms with van der Waals surface area (Å²) >= 11 is 1.29. The Kier molecular flexibility index (Phi) is 6.82. The second kappa shape index (κ2) is 9.80. The minimum Gasteiger partial charge on any atom is -0.361 e. The Labute approximate surface area is 201 Å². The second-order valence-electron chi connectivity index (χ2n) is 7.87. The summed E-state index contributed by atoms with van der Waals surface area (Å²) in [7, 11) is -0.775. The Morgan fingerprint density at radius 2 is 1.85 bits per heavy atom. The first-order chi connectivity index (χ1) is 16.3. The number of carbonyl (C=O) groups is 2. The maximum atomic E-state index is 13.3. The van der Waals surface area contributed by atoms with Crippen molar-refractivity contribution in [2.45, 2.75) is 17.4 Å². The van der Waals surface area contributed by atoms with E-state index in [2.05, 4.69) is 15.6 Å². The summed E-state index contributed by atoms with van der Waals surface area (Å²) < 4.78 is 26.0. The molecule has 0 fully saturated rings. The highest BCUT2D eigenvalue weighted by atomic mass is 32.2. The summed E-state index contributed by atoms with van der Waals surface area (Å²) in [6, 6.07) is 16.3. The fourth-order valence-corrected chi connectivity index (χ4v) is 5.12. The number of fused-ring (bicyclic) bond motifs is 1. The highest BCUT2D eigenvalue weighted by Crippen LogP contribution is 2.21. The number of benzene rings is 2. The molecule has 10 heteroatoms. The van der Waals surface area contributed by atoms with Crippen LogP contribution >= 0.6 is 11.3 Å². The number of amides is 2. The first-order valence-electron chi connectivity index (χ1n) is 10.5. The van der Waals surface area contributed by atoms with Gasteiger partial charge in [0.15, 0.2) is 0 Å². The fourth-order valence-electron chi connectivity index (χ4n) is 3.54. The van der Waals surface area contributed by atoms with Gasteiger partial charge in [-0.15, -0.1) is 11.3 Å². The van der Waals surface area contributed by atoms with E-state index in [0.29, 0.717) is 10.6 Å². The number of hydrogen-bond acceptors (Lipinski definition) is 5. The highest BCUT2D eigenvalue weighted by molar-refractivity contribution is 7.89. The number of thiophene rings is 1. The summed E-state index contributed by atoms with van der Waals surface area (Å²) in [4.78, 5) is 29.8. The number of sulfonamides is 1. The van der Waals surface area contributed by atoms with Crippen LogP contribution in [0.5, 0.6) is 0 Å². The van der Waals surface area contributed by atoms with Gasteiger partial charge in [-0.25, -0.2) is 12.7 Å². The molecular weight excluding hydrogens is 472 g/mol. The van der Waals surface area contributed by atoms with Crippen molar-refractivity contribution in [3.8, 4) is 0 Å². The average molecular weight is 497 g/mol. The molecular formula is C24H24N4O4S2. The lowest BCUT2D eigenvalue weighted by Crippen LogP contribution is -2.45. The molecule has 1 atom stereocenters. The Bertz CT molecular complexity index is 1430. The van der Waals surface area contributed by atoms with E-state index in [0.717, 1.165) is 20.8 Å². The van der Waals surface area contributed by atoms with E-state index < -0.39 is 22.0 Å². The number of rotatable bonds is 8. The molecule has 2 heterocycles. The molecule has 2 aromatic carbocycles. The number of H-pyrrole nitrogens is 1. The summed E-state index contributed by atoms with van der Waals surface area (Å²) in [5, 5.41) is 8.34. The van der Waals surface area contributed by atoms with Gasteiger partial charge in [0.25, 0.3) is 5.91 Å². The van der Waals surface area contributed by atoms with Crippen LogP contribution in [0.1, 0.15) is 15.2 Å². The summed E-state index contributed by atoms with van der Waals surface area (Å²) in [6.45, 7) is 0. The SMILES string of the molecule is CN(C)S(=O)(=O)c1cccc(NC(=O)C(Cc2c[nH]c3ccccc23)NC(=O)c2cccs2)c1. The molecule has 0 radical (unpaired) electrons. The molecule has 2 aromatic heterocycles. The van der Waals surface area contributed by atoms with Gasteiger partial charge in [-0.2, -0.15) is 0 Å². The third-order valence-electron chi connectivity index (χ3n) is 5.35. The van der Waals surface area contributed by atoms with Crippen LogP contribution in [0, 0.1) is 0 Å². The van der Waals surface area contributed by atoms with Crippen LogP contribution < -0.4 is 10.6 Å². The van der Waals surface area contributed by atoms with E-state index in [-0.39, 0.29) is 17.2 Å². The van der Waals surface area contributed by atoms with Crippen LogP contribution in [0.15, 0.2) is 77.1 Å². The molecule has 1 unspecified atom stereocenters. The van der Waals surface area contributed by atoms with Crippen LogP contribution in [-0.2, 0) is 21.2 Å². The summed E-state index contributed by atoms with van der Waals surface area (Å²) in [5.41, 5.74) is 2.14. The summed E-state index contributed by atoms with van der Waals surface area (Å²) in [5.74, 6) is -0.798. The van der Waals surface area contributed by atoms with Crippen LogP contribution in [0.2, 0.25) is 0 Å². The van der Waals surface area contributed by atoms with Crippen molar-refractivity contribution >= 4 is 49.8 Å². The monoisotopic (exact) mass is 496 g/mol. The maximum Gasteiger partial charge on any atom is 0.262 e. The Balaban J connectivity index is 1.60. The molecule has 34 heavy (non-hydrogen) atoms. The standard InChI is InChI=1S/C24H24N4O4S2/c1-28(2)34(31,32)18-8-5-7-17(14-18)26-23(29)21(27-24(30)22-11-6-12-33-22)13-16-15-25-20-10-4-3-9-19(16)20/h3-12,14-15,21,25H,13H2,1-2H3,(H,26,29)(H,27,30). The van der Waals surface area contributed by atoms with Crippen molar-refractivity contribution in [3.63, 3.8) is 0 Å². The molecule has 0 saturated carbocycles. The molecule has 3 N–H and O–H groups in total. The van der Waals surface area contributed by atoms with Crippen molar-refractivity contribution in [2.75, 3.05) is 19.4 Å². The van der Waals surface area contributed by atoms with Crippen molar-refractivity contribution in [3.05, 3.63) is 82.7 Å². The van der Waals surface area contributed by atoms with Gasteiger partial charge in [-0.05, 0) is 41.3 Å². The van der Waals surface area contributed by atoms with Gasteiger partial charge in [-0.1, -0.05) is 30.3 Å². The van der Waals surface area contributed by atoms with E-state index >= 15 is 0 Å². The molecule has 0 aliphatic heterocycles. The minimum absolute atomic E-state index is 0.0612. The molecule has 0 bridgehead atoms. The zero-order valence-corrected chi connectivity index (χ0v) is 20.2. The van der Waals surface area contributed by atoms with Gasteiger partial charge in [0, 0.05) is 43.3 Å². The second-order valence-corrected chi connectivity index (χ2v) is 11.0. The fraction of sp³-hybridized carbons (Fsp3) is 0.167.